The predicted molar refractivity (Wildman–Crippen MR) is 59.2 cm³/mol. The van der Waals surface area contributed by atoms with Crippen LogP contribution in [-0.4, -0.2) is 48.7 Å². The minimum atomic E-state index is -0.454. The molecule has 0 atom stereocenters. The maximum absolute atomic E-state index is 9.92. The summed E-state index contributed by atoms with van der Waals surface area (Å²) in [6, 6.07) is 0. The quantitative estimate of drug-likeness (QED) is 0.404. The van der Waals surface area contributed by atoms with Gasteiger partial charge in [-0.1, -0.05) is 0 Å². The van der Waals surface area contributed by atoms with Gasteiger partial charge in [-0.05, 0) is 0 Å². The third-order valence-electron chi connectivity index (χ3n) is 0.630. The number of carbonyl (C=O) groups is 2. The third-order valence-corrected chi connectivity index (χ3v) is 0.812. The molecule has 0 rings (SSSR count). The smallest absolute Gasteiger partial charge is 0.113 e. The Balaban J connectivity index is -0.000000180. The van der Waals surface area contributed by atoms with Crippen molar-refractivity contribution in [2.45, 2.75) is 0 Å². The van der Waals surface area contributed by atoms with Crippen LogP contribution in [0.5, 0.6) is 0 Å². The SMILES string of the molecule is CN(C)NC(=O)[S-].CN(C)NC(=O)[S-].[Ni]. The number of nitrogens with zero attached hydrogens (tertiary/aromatic N) is 2. The summed E-state index contributed by atoms with van der Waals surface area (Å²) in [5, 5.41) is 2.08. The molecule has 0 aliphatic heterocycles. The molecule has 0 aliphatic rings. The average molecular weight is 297 g/mol. The van der Waals surface area contributed by atoms with E-state index in [-0.39, 0.29) is 16.5 Å². The summed E-state index contributed by atoms with van der Waals surface area (Å²) >= 11 is 8.33. The first-order chi connectivity index (χ1) is 6.25. The van der Waals surface area contributed by atoms with Crippen molar-refractivity contribution in [2.24, 2.45) is 0 Å². The van der Waals surface area contributed by atoms with Crippen LogP contribution in [0.2, 0.25) is 0 Å². The van der Waals surface area contributed by atoms with E-state index >= 15 is 0 Å². The standard InChI is InChI=1S/2C3H8N2OS.Ni/c2*1-5(2)4-3(6)7;/h2*1-2H3,(H2,4,6,7);/p-2. The van der Waals surface area contributed by atoms with Crippen molar-refractivity contribution in [3.8, 4) is 0 Å². The van der Waals surface area contributed by atoms with Gasteiger partial charge >= 0.3 is 0 Å². The Kier molecular flexibility index (Phi) is 16.0. The molecule has 0 aromatic heterocycles. The normalized spacial score (nSPS) is 8.40. The van der Waals surface area contributed by atoms with Crippen LogP contribution in [0.15, 0.2) is 0 Å². The molecule has 0 heterocycles. The van der Waals surface area contributed by atoms with E-state index in [0.29, 0.717) is 0 Å². The zero-order valence-electron chi connectivity index (χ0n) is 8.84. The van der Waals surface area contributed by atoms with Crippen LogP contribution in [0, 0.1) is 0 Å². The molecule has 15 heavy (non-hydrogen) atoms. The van der Waals surface area contributed by atoms with Gasteiger partial charge in [-0.3, -0.25) is 0 Å². The minimum absolute atomic E-state index is 0. The zero-order valence-corrected chi connectivity index (χ0v) is 11.5. The molecule has 0 bridgehead atoms. The van der Waals surface area contributed by atoms with Crippen molar-refractivity contribution in [2.75, 3.05) is 28.2 Å². The molecular weight excluding hydrogens is 283 g/mol. The molecule has 0 saturated carbocycles. The van der Waals surface area contributed by atoms with Crippen LogP contribution in [0.4, 0.5) is 9.59 Å². The third kappa shape index (κ3) is 31.6. The monoisotopic (exact) mass is 296 g/mol. The molecule has 0 aromatic rings. The molecule has 0 radical (unpaired) electrons. The van der Waals surface area contributed by atoms with Gasteiger partial charge in [0.05, 0.1) is 0 Å². The first kappa shape index (κ1) is 20.2. The average Bonchev–Trinajstić information content (AvgIpc) is 1.79. The van der Waals surface area contributed by atoms with Gasteiger partial charge in [0, 0.05) is 44.7 Å². The summed E-state index contributed by atoms with van der Waals surface area (Å²) in [4.78, 5) is 19.8. The summed E-state index contributed by atoms with van der Waals surface area (Å²) in [6.07, 6.45) is 0. The van der Waals surface area contributed by atoms with Gasteiger partial charge in [0.15, 0.2) is 0 Å². The molecular formula is C6H14N4NiO2S2-2. The second kappa shape index (κ2) is 11.9. The fraction of sp³-hybridized carbons (Fsp3) is 0.667. The maximum atomic E-state index is 9.92. The number of rotatable bonds is 2. The molecule has 0 fully saturated rings. The van der Waals surface area contributed by atoms with Crippen molar-refractivity contribution in [1.82, 2.24) is 20.9 Å². The van der Waals surface area contributed by atoms with E-state index in [1.165, 1.54) is 10.0 Å². The second-order valence-corrected chi connectivity index (χ2v) is 3.33. The first-order valence-corrected chi connectivity index (χ1v) is 4.37. The molecule has 0 unspecified atom stereocenters. The van der Waals surface area contributed by atoms with E-state index in [9.17, 15) is 9.59 Å². The van der Waals surface area contributed by atoms with E-state index in [1.54, 1.807) is 28.2 Å². The van der Waals surface area contributed by atoms with Gasteiger partial charge in [-0.15, -0.1) is 0 Å². The first-order valence-electron chi connectivity index (χ1n) is 3.55. The van der Waals surface area contributed by atoms with Crippen molar-refractivity contribution >= 4 is 35.7 Å². The topological polar surface area (TPSA) is 64.7 Å². The fourth-order valence-electron chi connectivity index (χ4n) is 0.365. The summed E-state index contributed by atoms with van der Waals surface area (Å²) in [7, 11) is 6.79. The molecule has 2 amide bonds. The summed E-state index contributed by atoms with van der Waals surface area (Å²) < 4.78 is 0. The summed E-state index contributed by atoms with van der Waals surface area (Å²) in [5.41, 5.74) is 4.63. The largest absolute Gasteiger partial charge is 0.718 e. The molecule has 0 saturated heterocycles. The number of hydrazine groups is 2. The Labute approximate surface area is 111 Å². The van der Waals surface area contributed by atoms with Crippen LogP contribution in [-0.2, 0) is 41.7 Å². The molecule has 2 N–H and O–H groups in total. The Hall–Kier alpha value is -0.206. The predicted octanol–water partition coefficient (Wildman–Crippen LogP) is -0.563. The Bertz CT molecular complexity index is 172. The van der Waals surface area contributed by atoms with Crippen LogP contribution >= 0.6 is 0 Å². The van der Waals surface area contributed by atoms with Crippen molar-refractivity contribution in [3.63, 3.8) is 0 Å². The van der Waals surface area contributed by atoms with E-state index in [0.717, 1.165) is 0 Å². The van der Waals surface area contributed by atoms with Crippen LogP contribution in [0.25, 0.3) is 0 Å². The van der Waals surface area contributed by atoms with Gasteiger partial charge < -0.3 is 45.7 Å². The van der Waals surface area contributed by atoms with Crippen LogP contribution < -0.4 is 10.9 Å². The minimum Gasteiger partial charge on any atom is -0.718 e. The number of carbonyl (C=O) groups excluding carboxylic acids is 2. The van der Waals surface area contributed by atoms with Crippen molar-refractivity contribution in [3.05, 3.63) is 0 Å². The van der Waals surface area contributed by atoms with Gasteiger partial charge in [-0.25, -0.2) is 10.0 Å². The van der Waals surface area contributed by atoms with Crippen molar-refractivity contribution < 1.29 is 26.1 Å². The molecule has 0 aliphatic carbocycles. The van der Waals surface area contributed by atoms with Crippen LogP contribution in [0.1, 0.15) is 0 Å². The molecule has 94 valence electrons. The number of hydrogen-bond donors (Lipinski definition) is 2. The molecule has 0 spiro atoms. The van der Waals surface area contributed by atoms with Gasteiger partial charge in [0.2, 0.25) is 0 Å². The van der Waals surface area contributed by atoms with E-state index in [4.69, 9.17) is 0 Å². The van der Waals surface area contributed by atoms with E-state index in [1.807, 2.05) is 0 Å². The molecule has 6 nitrogen and oxygen atoms in total. The Morgan fingerprint density at radius 2 is 1.07 bits per heavy atom. The van der Waals surface area contributed by atoms with Gasteiger partial charge in [0.25, 0.3) is 0 Å². The van der Waals surface area contributed by atoms with Crippen molar-refractivity contribution in [1.29, 1.82) is 0 Å². The zero-order chi connectivity index (χ0) is 11.7. The number of nitrogens with one attached hydrogen (secondary N) is 2. The fourth-order valence-corrected chi connectivity index (χ4v) is 0.730. The summed E-state index contributed by atoms with van der Waals surface area (Å²) in [6.45, 7) is 0. The maximum Gasteiger partial charge on any atom is 0.113 e. The van der Waals surface area contributed by atoms with Gasteiger partial charge in [0.1, 0.15) is 10.5 Å². The van der Waals surface area contributed by atoms with Crippen LogP contribution in [0.3, 0.4) is 0 Å². The Morgan fingerprint density at radius 3 is 1.07 bits per heavy atom. The summed E-state index contributed by atoms with van der Waals surface area (Å²) in [5.74, 6) is 0. The molecule has 9 heteroatoms. The number of amides is 2. The van der Waals surface area contributed by atoms with E-state index < -0.39 is 10.5 Å². The van der Waals surface area contributed by atoms with Gasteiger partial charge in [-0.2, -0.15) is 0 Å². The number of hydrogen-bond acceptors (Lipinski definition) is 6. The second-order valence-electron chi connectivity index (χ2n) is 2.59. The Morgan fingerprint density at radius 1 is 0.867 bits per heavy atom. The van der Waals surface area contributed by atoms with E-state index in [2.05, 4.69) is 36.1 Å². The molecule has 0 aromatic carbocycles.